The van der Waals surface area contributed by atoms with Gasteiger partial charge in [-0.15, -0.1) is 0 Å². The van der Waals surface area contributed by atoms with Crippen LogP contribution in [-0.2, 0) is 0 Å². The second-order valence-electron chi connectivity index (χ2n) is 4.91. The lowest BCUT2D eigenvalue weighted by molar-refractivity contribution is 1.37. The summed E-state index contributed by atoms with van der Waals surface area (Å²) >= 11 is 0. The molecule has 0 saturated heterocycles. The molecule has 0 aromatic heterocycles. The summed E-state index contributed by atoms with van der Waals surface area (Å²) in [5.74, 6) is 1.89. The first kappa shape index (κ1) is 13.7. The van der Waals surface area contributed by atoms with E-state index in [9.17, 15) is 0 Å². The number of benzene rings is 2. The lowest BCUT2D eigenvalue weighted by Gasteiger charge is -2.20. The molecular weight excluding hydrogens is 271 g/mol. The molecule has 1 aliphatic carbocycles. The van der Waals surface area contributed by atoms with E-state index in [2.05, 4.69) is 72.5 Å². The van der Waals surface area contributed by atoms with E-state index in [-0.39, 0.29) is 0 Å². The molecule has 0 bridgehead atoms. The maximum atomic E-state index is 6.22. The summed E-state index contributed by atoms with van der Waals surface area (Å²) in [5.41, 5.74) is 3.45. The minimum Gasteiger partial charge on any atom is -0.0779 e. The number of hydrogen-bond donors (Lipinski definition) is 0. The smallest absolute Gasteiger partial charge is 0.0779 e. The SMILES string of the molecule is [CH+]=C[P+](C1=C=CCC=C1)(c1ccccc1)c1ccccc1. The monoisotopic (exact) mass is 288 g/mol. The summed E-state index contributed by atoms with van der Waals surface area (Å²) in [6, 6.07) is 21.1. The van der Waals surface area contributed by atoms with Crippen LogP contribution in [0.3, 0.4) is 0 Å². The molecule has 0 spiro atoms. The molecule has 0 heterocycles. The van der Waals surface area contributed by atoms with Crippen molar-refractivity contribution in [2.24, 2.45) is 0 Å². The van der Waals surface area contributed by atoms with Gasteiger partial charge in [-0.2, -0.15) is 0 Å². The molecule has 0 aliphatic heterocycles. The van der Waals surface area contributed by atoms with Crippen LogP contribution in [0.1, 0.15) is 6.42 Å². The Hall–Kier alpha value is -2.22. The van der Waals surface area contributed by atoms with E-state index in [4.69, 9.17) is 6.58 Å². The van der Waals surface area contributed by atoms with Gasteiger partial charge in [0, 0.05) is 0 Å². The Kier molecular flexibility index (Phi) is 3.96. The van der Waals surface area contributed by atoms with Gasteiger partial charge in [0.15, 0.2) is 12.6 Å². The van der Waals surface area contributed by atoms with Crippen molar-refractivity contribution in [1.82, 2.24) is 0 Å². The molecular formula is C20H17P+2. The van der Waals surface area contributed by atoms with Gasteiger partial charge in [-0.3, -0.25) is 0 Å². The van der Waals surface area contributed by atoms with Crippen molar-refractivity contribution >= 4 is 17.9 Å². The molecule has 2 aromatic rings. The lowest BCUT2D eigenvalue weighted by atomic mass is 10.3. The predicted octanol–water partition coefficient (Wildman–Crippen LogP) is 4.60. The van der Waals surface area contributed by atoms with Gasteiger partial charge in [0.2, 0.25) is 6.58 Å². The van der Waals surface area contributed by atoms with Gasteiger partial charge in [-0.1, -0.05) is 48.2 Å². The number of rotatable bonds is 4. The summed E-state index contributed by atoms with van der Waals surface area (Å²) in [4.78, 5) is 0. The lowest BCUT2D eigenvalue weighted by Crippen LogP contribution is -2.21. The Morgan fingerprint density at radius 1 is 0.905 bits per heavy atom. The molecule has 0 atom stereocenters. The van der Waals surface area contributed by atoms with Crippen LogP contribution in [0.5, 0.6) is 0 Å². The molecule has 21 heavy (non-hydrogen) atoms. The average Bonchev–Trinajstić information content (AvgIpc) is 2.59. The topological polar surface area (TPSA) is 0 Å². The van der Waals surface area contributed by atoms with Crippen molar-refractivity contribution in [3.05, 3.63) is 102 Å². The summed E-state index contributed by atoms with van der Waals surface area (Å²) < 4.78 is 0. The Morgan fingerprint density at radius 2 is 1.48 bits per heavy atom. The van der Waals surface area contributed by atoms with E-state index in [1.165, 1.54) is 15.9 Å². The Morgan fingerprint density at radius 3 is 1.90 bits per heavy atom. The van der Waals surface area contributed by atoms with Crippen LogP contribution in [0, 0.1) is 6.58 Å². The molecule has 0 saturated carbocycles. The minimum absolute atomic E-state index is 0.942. The molecule has 0 unspecified atom stereocenters. The Balaban J connectivity index is 2.31. The van der Waals surface area contributed by atoms with Gasteiger partial charge in [0.25, 0.3) is 5.82 Å². The first-order chi connectivity index (χ1) is 10.4. The highest BCUT2D eigenvalue weighted by atomic mass is 31.2. The van der Waals surface area contributed by atoms with Gasteiger partial charge in [-0.05, 0) is 42.8 Å². The first-order valence-electron chi connectivity index (χ1n) is 7.06. The third kappa shape index (κ3) is 2.42. The molecule has 0 N–H and O–H groups in total. The zero-order valence-electron chi connectivity index (χ0n) is 11.8. The number of allylic oxidation sites excluding steroid dienone is 3. The molecule has 1 heteroatoms. The fraction of sp³-hybridized carbons (Fsp3) is 0.0500. The number of hydrogen-bond acceptors (Lipinski definition) is 0. The van der Waals surface area contributed by atoms with Gasteiger partial charge < -0.3 is 0 Å². The van der Waals surface area contributed by atoms with Crippen LogP contribution in [-0.4, -0.2) is 0 Å². The van der Waals surface area contributed by atoms with Crippen LogP contribution >= 0.6 is 7.26 Å². The standard InChI is InChI=1S/C20H17P/c1-2-21(18-12-6-3-7-13-18,19-14-8-4-9-15-19)20-16-10-5-11-17-20/h1-4,6-16H,5H2/q+2. The maximum absolute atomic E-state index is 6.22. The second-order valence-corrected chi connectivity index (χ2v) is 8.17. The molecule has 0 amide bonds. The molecule has 3 rings (SSSR count). The van der Waals surface area contributed by atoms with Crippen molar-refractivity contribution < 1.29 is 0 Å². The minimum atomic E-state index is -1.92. The molecule has 2 aromatic carbocycles. The second kappa shape index (κ2) is 6.04. The van der Waals surface area contributed by atoms with Gasteiger partial charge in [0.1, 0.15) is 10.6 Å². The summed E-state index contributed by atoms with van der Waals surface area (Å²) in [6.07, 6.45) is 7.38. The van der Waals surface area contributed by atoms with Crippen LogP contribution in [0.15, 0.2) is 95.8 Å². The molecule has 1 aliphatic rings. The van der Waals surface area contributed by atoms with Crippen molar-refractivity contribution in [3.63, 3.8) is 0 Å². The fourth-order valence-electron chi connectivity index (χ4n) is 2.68. The van der Waals surface area contributed by atoms with Gasteiger partial charge in [-0.25, -0.2) is 0 Å². The molecule has 0 radical (unpaired) electrons. The highest BCUT2D eigenvalue weighted by Gasteiger charge is 2.48. The highest BCUT2D eigenvalue weighted by molar-refractivity contribution is 7.95. The summed E-state index contributed by atoms with van der Waals surface area (Å²) in [5, 5.41) is 3.72. The van der Waals surface area contributed by atoms with E-state index in [1.807, 2.05) is 17.9 Å². The van der Waals surface area contributed by atoms with E-state index in [1.54, 1.807) is 0 Å². The summed E-state index contributed by atoms with van der Waals surface area (Å²) in [7, 11) is -1.92. The zero-order valence-corrected chi connectivity index (χ0v) is 12.7. The fourth-order valence-corrected chi connectivity index (χ4v) is 5.96. The third-order valence-corrected chi connectivity index (χ3v) is 7.42. The average molecular weight is 288 g/mol. The van der Waals surface area contributed by atoms with Crippen molar-refractivity contribution in [2.75, 3.05) is 0 Å². The van der Waals surface area contributed by atoms with E-state index in [0.29, 0.717) is 0 Å². The van der Waals surface area contributed by atoms with Crippen molar-refractivity contribution in [2.45, 2.75) is 6.42 Å². The van der Waals surface area contributed by atoms with Crippen molar-refractivity contribution in [3.8, 4) is 0 Å². The largest absolute Gasteiger partial charge is 0.299 e. The van der Waals surface area contributed by atoms with Crippen LogP contribution < -0.4 is 10.6 Å². The van der Waals surface area contributed by atoms with Crippen LogP contribution in [0.4, 0.5) is 0 Å². The van der Waals surface area contributed by atoms with Gasteiger partial charge >= 0.3 is 0 Å². The van der Waals surface area contributed by atoms with Crippen LogP contribution in [0.2, 0.25) is 0 Å². The highest BCUT2D eigenvalue weighted by Crippen LogP contribution is 2.64. The normalized spacial score (nSPS) is 13.8. The molecule has 0 nitrogen and oxygen atoms in total. The molecule has 100 valence electrons. The first-order valence-corrected chi connectivity index (χ1v) is 8.92. The van der Waals surface area contributed by atoms with E-state index < -0.39 is 7.26 Å². The quantitative estimate of drug-likeness (QED) is 0.438. The predicted molar refractivity (Wildman–Crippen MR) is 93.3 cm³/mol. The Bertz CT molecular complexity index is 677. The van der Waals surface area contributed by atoms with E-state index >= 15 is 0 Å². The van der Waals surface area contributed by atoms with Crippen molar-refractivity contribution in [1.29, 1.82) is 0 Å². The maximum Gasteiger partial charge on any atom is 0.299 e. The third-order valence-electron chi connectivity index (χ3n) is 3.71. The van der Waals surface area contributed by atoms with Crippen LogP contribution in [0.25, 0.3) is 0 Å². The Labute approximate surface area is 127 Å². The van der Waals surface area contributed by atoms with E-state index in [0.717, 1.165) is 6.42 Å². The zero-order chi connectivity index (χ0) is 14.5. The summed E-state index contributed by atoms with van der Waals surface area (Å²) in [6.45, 7) is 6.22. The molecule has 0 fully saturated rings. The van der Waals surface area contributed by atoms with Gasteiger partial charge in [0.05, 0.1) is 0 Å².